The van der Waals surface area contributed by atoms with Crippen LogP contribution in [0, 0.1) is 0 Å². The van der Waals surface area contributed by atoms with Crippen LogP contribution in [0.1, 0.15) is 18.0 Å². The van der Waals surface area contributed by atoms with E-state index in [1.54, 1.807) is 4.80 Å². The van der Waals surface area contributed by atoms with Crippen LogP contribution in [0.2, 0.25) is 0 Å². The van der Waals surface area contributed by atoms with Crippen molar-refractivity contribution in [3.05, 3.63) is 30.1 Å². The van der Waals surface area contributed by atoms with Crippen molar-refractivity contribution >= 4 is 0 Å². The maximum atomic E-state index is 5.41. The van der Waals surface area contributed by atoms with Gasteiger partial charge in [0.25, 0.3) is 0 Å². The van der Waals surface area contributed by atoms with E-state index in [1.807, 2.05) is 25.2 Å². The Kier molecular flexibility index (Phi) is 3.28. The molecule has 1 aromatic carbocycles. The lowest BCUT2D eigenvalue weighted by atomic mass is 10.0. The van der Waals surface area contributed by atoms with Gasteiger partial charge in [0.05, 0.1) is 6.04 Å². The highest BCUT2D eigenvalue weighted by Gasteiger charge is 2.20. The molecule has 1 N–H and O–H groups in total. The van der Waals surface area contributed by atoms with Crippen LogP contribution in [0.25, 0.3) is 0 Å². The highest BCUT2D eigenvalue weighted by molar-refractivity contribution is 5.45. The molecule has 2 aromatic rings. The van der Waals surface area contributed by atoms with Crippen molar-refractivity contribution in [2.75, 3.05) is 20.4 Å². The predicted octanol–water partition coefficient (Wildman–Crippen LogP) is 0.601. The third-order valence-corrected chi connectivity index (χ3v) is 3.09. The average molecular weight is 261 g/mol. The molecule has 100 valence electrons. The number of tetrazole rings is 1. The van der Waals surface area contributed by atoms with E-state index in [1.165, 1.54) is 6.33 Å². The third kappa shape index (κ3) is 2.37. The summed E-state index contributed by atoms with van der Waals surface area (Å²) in [6.07, 6.45) is 2.31. The van der Waals surface area contributed by atoms with Gasteiger partial charge in [-0.3, -0.25) is 0 Å². The van der Waals surface area contributed by atoms with E-state index < -0.39 is 0 Å². The molecule has 19 heavy (non-hydrogen) atoms. The molecule has 0 saturated heterocycles. The number of nitrogens with zero attached hydrogens (tertiary/aromatic N) is 4. The number of ether oxygens (including phenoxy) is 2. The van der Waals surface area contributed by atoms with Gasteiger partial charge in [-0.25, -0.2) is 0 Å². The van der Waals surface area contributed by atoms with Crippen LogP contribution < -0.4 is 14.8 Å². The van der Waals surface area contributed by atoms with Gasteiger partial charge in [-0.05, 0) is 42.9 Å². The molecule has 3 rings (SSSR count). The minimum Gasteiger partial charge on any atom is -0.454 e. The highest BCUT2D eigenvalue weighted by Crippen LogP contribution is 2.35. The minimum absolute atomic E-state index is 0.0319. The number of fused-ring (bicyclic) bond motifs is 1. The molecule has 1 aromatic heterocycles. The fourth-order valence-corrected chi connectivity index (χ4v) is 2.13. The Hall–Kier alpha value is -2.15. The van der Waals surface area contributed by atoms with Crippen molar-refractivity contribution in [3.8, 4) is 11.5 Å². The predicted molar refractivity (Wildman–Crippen MR) is 67.1 cm³/mol. The Labute approximate surface area is 110 Å². The van der Waals surface area contributed by atoms with Gasteiger partial charge in [-0.2, -0.15) is 4.80 Å². The molecule has 1 aliphatic heterocycles. The first kappa shape index (κ1) is 11.9. The van der Waals surface area contributed by atoms with Crippen molar-refractivity contribution < 1.29 is 9.47 Å². The van der Waals surface area contributed by atoms with Gasteiger partial charge in [0.1, 0.15) is 0 Å². The highest BCUT2D eigenvalue weighted by atomic mass is 16.7. The Bertz CT molecular complexity index is 543. The molecular weight excluding hydrogens is 246 g/mol. The van der Waals surface area contributed by atoms with Gasteiger partial charge in [0.15, 0.2) is 17.8 Å². The van der Waals surface area contributed by atoms with Crippen LogP contribution >= 0.6 is 0 Å². The van der Waals surface area contributed by atoms with Crippen LogP contribution in [0.3, 0.4) is 0 Å². The van der Waals surface area contributed by atoms with Crippen LogP contribution in [-0.4, -0.2) is 40.6 Å². The topological polar surface area (TPSA) is 74.1 Å². The molecular formula is C12H15N5O2. The van der Waals surface area contributed by atoms with Crippen molar-refractivity contribution in [2.45, 2.75) is 12.5 Å². The van der Waals surface area contributed by atoms with E-state index in [0.29, 0.717) is 0 Å². The van der Waals surface area contributed by atoms with Gasteiger partial charge in [0.2, 0.25) is 6.79 Å². The zero-order chi connectivity index (χ0) is 13.1. The zero-order valence-electron chi connectivity index (χ0n) is 10.6. The lowest BCUT2D eigenvalue weighted by Gasteiger charge is -2.16. The van der Waals surface area contributed by atoms with E-state index >= 15 is 0 Å². The molecule has 1 aliphatic rings. The van der Waals surface area contributed by atoms with Gasteiger partial charge in [-0.1, -0.05) is 6.07 Å². The Balaban J connectivity index is 1.90. The fraction of sp³-hybridized carbons (Fsp3) is 0.417. The molecule has 7 nitrogen and oxygen atoms in total. The van der Waals surface area contributed by atoms with E-state index in [2.05, 4.69) is 20.7 Å². The summed E-state index contributed by atoms with van der Waals surface area (Å²) < 4.78 is 10.7. The van der Waals surface area contributed by atoms with Gasteiger partial charge in [0, 0.05) is 0 Å². The zero-order valence-corrected chi connectivity index (χ0v) is 10.6. The molecule has 0 bridgehead atoms. The maximum Gasteiger partial charge on any atom is 0.231 e. The molecule has 0 aliphatic carbocycles. The first-order valence-electron chi connectivity index (χ1n) is 6.15. The standard InChI is InChI=1S/C12H15N5O2/c1-13-5-4-10(17-15-7-14-16-17)9-2-3-11-12(6-9)19-8-18-11/h2-3,6-7,10,13H,4-5,8H2,1H3. The van der Waals surface area contributed by atoms with Crippen molar-refractivity contribution in [1.29, 1.82) is 0 Å². The molecule has 0 spiro atoms. The van der Waals surface area contributed by atoms with Crippen molar-refractivity contribution in [1.82, 2.24) is 25.5 Å². The molecule has 0 saturated carbocycles. The molecule has 1 atom stereocenters. The van der Waals surface area contributed by atoms with Gasteiger partial charge < -0.3 is 14.8 Å². The number of hydrogen-bond donors (Lipinski definition) is 1. The summed E-state index contributed by atoms with van der Waals surface area (Å²) in [6, 6.07) is 5.94. The second-order valence-corrected chi connectivity index (χ2v) is 4.28. The van der Waals surface area contributed by atoms with Crippen molar-refractivity contribution in [2.24, 2.45) is 0 Å². The molecule has 0 amide bonds. The monoisotopic (exact) mass is 261 g/mol. The first-order valence-corrected chi connectivity index (χ1v) is 6.15. The SMILES string of the molecule is CNCCC(c1ccc2c(c1)OCO2)n1ncnn1. The minimum atomic E-state index is 0.0319. The number of aromatic nitrogens is 4. The largest absolute Gasteiger partial charge is 0.454 e. The Morgan fingerprint density at radius 1 is 1.37 bits per heavy atom. The molecule has 7 heteroatoms. The molecule has 2 heterocycles. The summed E-state index contributed by atoms with van der Waals surface area (Å²) in [5.74, 6) is 1.55. The van der Waals surface area contributed by atoms with Crippen LogP contribution in [0.5, 0.6) is 11.5 Å². The Morgan fingerprint density at radius 2 is 2.26 bits per heavy atom. The van der Waals surface area contributed by atoms with Crippen LogP contribution in [0.4, 0.5) is 0 Å². The number of rotatable bonds is 5. The summed E-state index contributed by atoms with van der Waals surface area (Å²) >= 11 is 0. The maximum absolute atomic E-state index is 5.41. The molecule has 0 fully saturated rings. The van der Waals surface area contributed by atoms with Gasteiger partial charge >= 0.3 is 0 Å². The summed E-state index contributed by atoms with van der Waals surface area (Å²) in [5, 5.41) is 15.0. The smallest absolute Gasteiger partial charge is 0.231 e. The second kappa shape index (κ2) is 5.23. The van der Waals surface area contributed by atoms with E-state index in [4.69, 9.17) is 9.47 Å². The lowest BCUT2D eigenvalue weighted by Crippen LogP contribution is -2.19. The fourth-order valence-electron chi connectivity index (χ4n) is 2.13. The summed E-state index contributed by atoms with van der Waals surface area (Å²) in [7, 11) is 1.92. The normalized spacial score (nSPS) is 14.6. The quantitative estimate of drug-likeness (QED) is 0.849. The van der Waals surface area contributed by atoms with Gasteiger partial charge in [-0.15, -0.1) is 10.2 Å². The molecule has 0 radical (unpaired) electrons. The third-order valence-electron chi connectivity index (χ3n) is 3.09. The lowest BCUT2D eigenvalue weighted by molar-refractivity contribution is 0.174. The average Bonchev–Trinajstić information content (AvgIpc) is 3.09. The van der Waals surface area contributed by atoms with E-state index in [9.17, 15) is 0 Å². The van der Waals surface area contributed by atoms with E-state index in [0.717, 1.165) is 30.0 Å². The first-order chi connectivity index (χ1) is 9.38. The Morgan fingerprint density at radius 3 is 3.05 bits per heavy atom. The number of benzene rings is 1. The number of hydrogen-bond acceptors (Lipinski definition) is 6. The van der Waals surface area contributed by atoms with Crippen LogP contribution in [0.15, 0.2) is 24.5 Å². The summed E-state index contributed by atoms with van der Waals surface area (Å²) in [4.78, 5) is 1.62. The van der Waals surface area contributed by atoms with E-state index in [-0.39, 0.29) is 12.8 Å². The van der Waals surface area contributed by atoms with Crippen LogP contribution in [-0.2, 0) is 0 Å². The van der Waals surface area contributed by atoms with Crippen molar-refractivity contribution in [3.63, 3.8) is 0 Å². The summed E-state index contributed by atoms with van der Waals surface area (Å²) in [5.41, 5.74) is 1.08. The number of nitrogens with one attached hydrogen (secondary N) is 1. The molecule has 1 unspecified atom stereocenters. The summed E-state index contributed by atoms with van der Waals surface area (Å²) in [6.45, 7) is 1.14. The second-order valence-electron chi connectivity index (χ2n) is 4.28.